The Labute approximate surface area is 181 Å². The van der Waals surface area contributed by atoms with Crippen molar-refractivity contribution in [1.29, 1.82) is 0 Å². The summed E-state index contributed by atoms with van der Waals surface area (Å²) in [5.41, 5.74) is 0. The van der Waals surface area contributed by atoms with Crippen molar-refractivity contribution >= 4 is 11.8 Å². The lowest BCUT2D eigenvalue weighted by Crippen LogP contribution is -2.57. The first-order valence-electron chi connectivity index (χ1n) is 12.6. The Bertz CT molecular complexity index is 603. The molecule has 5 unspecified atom stereocenters. The van der Waals surface area contributed by atoms with Gasteiger partial charge in [-0.2, -0.15) is 0 Å². The molecular formula is C24H41N3O3. The van der Waals surface area contributed by atoms with E-state index < -0.39 is 12.1 Å². The first-order valence-corrected chi connectivity index (χ1v) is 12.6. The van der Waals surface area contributed by atoms with Gasteiger partial charge in [-0.15, -0.1) is 0 Å². The Kier molecular flexibility index (Phi) is 7.35. The second-order valence-corrected chi connectivity index (χ2v) is 10.2. The molecule has 5 atom stereocenters. The first-order chi connectivity index (χ1) is 14.6. The number of carbonyl (C=O) groups is 2. The van der Waals surface area contributed by atoms with E-state index in [0.29, 0.717) is 24.4 Å². The van der Waals surface area contributed by atoms with Gasteiger partial charge < -0.3 is 15.7 Å². The summed E-state index contributed by atoms with van der Waals surface area (Å²) < 4.78 is 0. The summed E-state index contributed by atoms with van der Waals surface area (Å²) in [4.78, 5) is 28.5. The molecule has 0 aromatic rings. The molecule has 6 heteroatoms. The molecule has 2 amide bonds. The highest BCUT2D eigenvalue weighted by Gasteiger charge is 2.48. The third kappa shape index (κ3) is 5.01. The fourth-order valence-corrected chi connectivity index (χ4v) is 6.24. The summed E-state index contributed by atoms with van der Waals surface area (Å²) >= 11 is 0. The van der Waals surface area contributed by atoms with Gasteiger partial charge in [0.2, 0.25) is 5.91 Å². The molecule has 170 valence electrons. The zero-order valence-electron chi connectivity index (χ0n) is 18.7. The van der Waals surface area contributed by atoms with Gasteiger partial charge in [-0.3, -0.25) is 14.5 Å². The van der Waals surface area contributed by atoms with Crippen LogP contribution in [0, 0.1) is 5.92 Å². The summed E-state index contributed by atoms with van der Waals surface area (Å²) in [7, 11) is 0. The van der Waals surface area contributed by atoms with Crippen LogP contribution in [0.4, 0.5) is 0 Å². The second-order valence-electron chi connectivity index (χ2n) is 10.2. The monoisotopic (exact) mass is 419 g/mol. The van der Waals surface area contributed by atoms with Crippen molar-refractivity contribution in [3.8, 4) is 0 Å². The van der Waals surface area contributed by atoms with Gasteiger partial charge in [0.15, 0.2) is 6.10 Å². The minimum absolute atomic E-state index is 0.0340. The highest BCUT2D eigenvalue weighted by molar-refractivity contribution is 5.85. The topological polar surface area (TPSA) is 81.7 Å². The van der Waals surface area contributed by atoms with Crippen LogP contribution < -0.4 is 10.6 Å². The number of rotatable bonds is 8. The van der Waals surface area contributed by atoms with Gasteiger partial charge in [0, 0.05) is 18.1 Å². The quantitative estimate of drug-likeness (QED) is 0.565. The van der Waals surface area contributed by atoms with Crippen molar-refractivity contribution in [1.82, 2.24) is 15.5 Å². The summed E-state index contributed by atoms with van der Waals surface area (Å²) in [6.45, 7) is 2.03. The molecule has 0 bridgehead atoms. The number of carbonyl (C=O) groups excluding carboxylic acids is 2. The summed E-state index contributed by atoms with van der Waals surface area (Å²) in [6.07, 6.45) is 14.5. The van der Waals surface area contributed by atoms with Crippen molar-refractivity contribution < 1.29 is 14.7 Å². The van der Waals surface area contributed by atoms with E-state index in [9.17, 15) is 14.7 Å². The zero-order valence-corrected chi connectivity index (χ0v) is 18.7. The third-order valence-corrected chi connectivity index (χ3v) is 7.94. The molecule has 1 heterocycles. The van der Waals surface area contributed by atoms with Gasteiger partial charge in [-0.25, -0.2) is 0 Å². The summed E-state index contributed by atoms with van der Waals surface area (Å²) in [5.74, 6) is 0.330. The Morgan fingerprint density at radius 2 is 1.70 bits per heavy atom. The van der Waals surface area contributed by atoms with Gasteiger partial charge in [-0.05, 0) is 57.3 Å². The number of amides is 2. The molecule has 3 saturated carbocycles. The third-order valence-electron chi connectivity index (χ3n) is 7.94. The van der Waals surface area contributed by atoms with Crippen molar-refractivity contribution in [2.24, 2.45) is 5.92 Å². The van der Waals surface area contributed by atoms with E-state index in [-0.39, 0.29) is 23.9 Å². The number of nitrogens with zero attached hydrogens (tertiary/aromatic N) is 1. The molecule has 6 nitrogen and oxygen atoms in total. The van der Waals surface area contributed by atoms with Crippen LogP contribution in [0.2, 0.25) is 0 Å². The number of likely N-dealkylation sites (tertiary alicyclic amines) is 1. The fraction of sp³-hybridized carbons (Fsp3) is 0.917. The molecule has 4 fully saturated rings. The zero-order chi connectivity index (χ0) is 21.1. The minimum Gasteiger partial charge on any atom is -0.381 e. The first kappa shape index (κ1) is 22.1. The molecule has 4 aliphatic rings. The summed E-state index contributed by atoms with van der Waals surface area (Å²) in [5, 5.41) is 16.7. The van der Waals surface area contributed by atoms with E-state index in [1.165, 1.54) is 57.8 Å². The molecule has 0 aromatic heterocycles. The van der Waals surface area contributed by atoms with Crippen LogP contribution in [-0.4, -0.2) is 58.1 Å². The maximum absolute atomic E-state index is 13.5. The van der Waals surface area contributed by atoms with E-state index in [1.54, 1.807) is 0 Å². The standard InChI is InChI=1S/C24H41N3O3/c1-2-8-19(22(28)24(30)25-17-13-14-17)26-23(29)21-15-16-9-6-7-12-20(16)27(21)18-10-4-3-5-11-18/h16-22,28H,2-15H2,1H3,(H,25,30)(H,26,29). The normalized spacial score (nSPS) is 32.3. The summed E-state index contributed by atoms with van der Waals surface area (Å²) in [6, 6.07) is 0.682. The highest BCUT2D eigenvalue weighted by atomic mass is 16.3. The van der Waals surface area contributed by atoms with Crippen LogP contribution in [0.25, 0.3) is 0 Å². The van der Waals surface area contributed by atoms with E-state index in [2.05, 4.69) is 15.5 Å². The number of nitrogens with one attached hydrogen (secondary N) is 2. The molecular weight excluding hydrogens is 378 g/mol. The maximum atomic E-state index is 13.5. The van der Waals surface area contributed by atoms with E-state index >= 15 is 0 Å². The van der Waals surface area contributed by atoms with Crippen LogP contribution in [-0.2, 0) is 9.59 Å². The van der Waals surface area contributed by atoms with Crippen molar-refractivity contribution in [2.45, 2.75) is 133 Å². The predicted octanol–water partition coefficient (Wildman–Crippen LogP) is 2.88. The van der Waals surface area contributed by atoms with Gasteiger partial charge in [0.25, 0.3) is 5.91 Å². The largest absolute Gasteiger partial charge is 0.381 e. The predicted molar refractivity (Wildman–Crippen MR) is 117 cm³/mol. The Balaban J connectivity index is 1.45. The molecule has 1 aliphatic heterocycles. The molecule has 4 rings (SSSR count). The molecule has 0 aromatic carbocycles. The second kappa shape index (κ2) is 9.99. The molecule has 0 spiro atoms. The van der Waals surface area contributed by atoms with Gasteiger partial charge in [-0.1, -0.05) is 45.4 Å². The van der Waals surface area contributed by atoms with E-state index in [1.807, 2.05) is 6.92 Å². The Hall–Kier alpha value is -1.14. The Morgan fingerprint density at radius 1 is 1.00 bits per heavy atom. The lowest BCUT2D eigenvalue weighted by atomic mass is 9.84. The van der Waals surface area contributed by atoms with Gasteiger partial charge >= 0.3 is 0 Å². The number of fused-ring (bicyclic) bond motifs is 1. The smallest absolute Gasteiger partial charge is 0.251 e. The molecule has 1 saturated heterocycles. The van der Waals surface area contributed by atoms with Crippen molar-refractivity contribution in [3.05, 3.63) is 0 Å². The van der Waals surface area contributed by atoms with E-state index in [0.717, 1.165) is 25.7 Å². The van der Waals surface area contributed by atoms with Gasteiger partial charge in [0.05, 0.1) is 12.1 Å². The number of aliphatic hydroxyl groups excluding tert-OH is 1. The van der Waals surface area contributed by atoms with Crippen LogP contribution in [0.5, 0.6) is 0 Å². The van der Waals surface area contributed by atoms with Crippen LogP contribution >= 0.6 is 0 Å². The average molecular weight is 420 g/mol. The molecule has 3 aliphatic carbocycles. The SMILES string of the molecule is CCCC(NC(=O)C1CC2CCCCC2N1C1CCCCC1)C(O)C(=O)NC1CC1. The fourth-order valence-electron chi connectivity index (χ4n) is 6.24. The Morgan fingerprint density at radius 3 is 2.40 bits per heavy atom. The minimum atomic E-state index is -1.17. The number of hydrogen-bond acceptors (Lipinski definition) is 4. The highest BCUT2D eigenvalue weighted by Crippen LogP contribution is 2.43. The van der Waals surface area contributed by atoms with Crippen molar-refractivity contribution in [3.63, 3.8) is 0 Å². The molecule has 0 radical (unpaired) electrons. The van der Waals surface area contributed by atoms with Gasteiger partial charge in [0.1, 0.15) is 0 Å². The number of hydrogen-bond donors (Lipinski definition) is 3. The van der Waals surface area contributed by atoms with E-state index in [4.69, 9.17) is 0 Å². The van der Waals surface area contributed by atoms with Crippen LogP contribution in [0.3, 0.4) is 0 Å². The van der Waals surface area contributed by atoms with Crippen LogP contribution in [0.1, 0.15) is 96.8 Å². The lowest BCUT2D eigenvalue weighted by molar-refractivity contribution is -0.134. The number of aliphatic hydroxyl groups is 1. The average Bonchev–Trinajstić information content (AvgIpc) is 3.49. The lowest BCUT2D eigenvalue weighted by Gasteiger charge is -2.41. The molecule has 30 heavy (non-hydrogen) atoms. The maximum Gasteiger partial charge on any atom is 0.251 e. The van der Waals surface area contributed by atoms with Crippen LogP contribution in [0.15, 0.2) is 0 Å². The van der Waals surface area contributed by atoms with Crippen molar-refractivity contribution in [2.75, 3.05) is 0 Å². The molecule has 3 N–H and O–H groups in total.